The van der Waals surface area contributed by atoms with Crippen molar-refractivity contribution >= 4 is 11.0 Å². The lowest BCUT2D eigenvalue weighted by atomic mass is 10.1. The average molecular weight is 477 g/mol. The summed E-state index contributed by atoms with van der Waals surface area (Å²) in [6.07, 6.45) is 5.88. The number of aromatic amines is 1. The monoisotopic (exact) mass is 476 g/mol. The number of fused-ring (bicyclic) bond motifs is 1. The van der Waals surface area contributed by atoms with Gasteiger partial charge in [0, 0.05) is 37.6 Å². The zero-order chi connectivity index (χ0) is 24.8. The van der Waals surface area contributed by atoms with Gasteiger partial charge in [0.15, 0.2) is 5.65 Å². The quantitative estimate of drug-likeness (QED) is 0.352. The van der Waals surface area contributed by atoms with Crippen LogP contribution in [0, 0.1) is 0 Å². The van der Waals surface area contributed by atoms with E-state index in [4.69, 9.17) is 9.72 Å². The molecule has 0 amide bonds. The fraction of sp³-hybridized carbons (Fsp3) is 0.400. The zero-order valence-electron chi connectivity index (χ0n) is 20.7. The van der Waals surface area contributed by atoms with Crippen molar-refractivity contribution in [1.29, 1.82) is 0 Å². The molecule has 4 rings (SSSR count). The van der Waals surface area contributed by atoms with Crippen molar-refractivity contribution in [3.8, 4) is 6.01 Å². The van der Waals surface area contributed by atoms with Crippen LogP contribution >= 0.6 is 0 Å². The molecule has 4 aromatic rings. The highest BCUT2D eigenvalue weighted by Gasteiger charge is 2.26. The Labute approximate surface area is 204 Å². The first-order chi connectivity index (χ1) is 17.0. The van der Waals surface area contributed by atoms with Gasteiger partial charge < -0.3 is 9.64 Å². The highest BCUT2D eigenvalue weighted by atomic mass is 16.5. The predicted octanol–water partition coefficient (Wildman–Crippen LogP) is 2.48. The first-order valence-corrected chi connectivity index (χ1v) is 11.7. The largest absolute Gasteiger partial charge is 0.467 e. The second-order valence-electron chi connectivity index (χ2n) is 8.75. The molecule has 0 radical (unpaired) electrons. The molecule has 1 atom stereocenters. The molecule has 0 aliphatic carbocycles. The summed E-state index contributed by atoms with van der Waals surface area (Å²) in [6.45, 7) is 4.79. The van der Waals surface area contributed by atoms with Gasteiger partial charge in [0.2, 0.25) is 0 Å². The highest BCUT2D eigenvalue weighted by molar-refractivity contribution is 5.72. The van der Waals surface area contributed by atoms with Crippen molar-refractivity contribution in [3.63, 3.8) is 0 Å². The van der Waals surface area contributed by atoms with E-state index in [9.17, 15) is 4.79 Å². The van der Waals surface area contributed by atoms with Crippen LogP contribution < -0.4 is 10.3 Å². The molecule has 0 saturated carbocycles. The molecule has 1 N–H and O–H groups in total. The van der Waals surface area contributed by atoms with E-state index in [0.29, 0.717) is 36.0 Å². The Morgan fingerprint density at radius 1 is 1.06 bits per heavy atom. The SMILES string of the molecule is CCC(c1nc2[nH]ncc2c(=O)n1Cc1ccccc1)N(CCN(C)C)Cc1cnc(OC)nc1. The van der Waals surface area contributed by atoms with Crippen LogP contribution in [0.4, 0.5) is 0 Å². The van der Waals surface area contributed by atoms with Gasteiger partial charge in [0.1, 0.15) is 11.2 Å². The average Bonchev–Trinajstić information content (AvgIpc) is 3.35. The summed E-state index contributed by atoms with van der Waals surface area (Å²) in [5.74, 6) is 0.714. The Balaban J connectivity index is 1.77. The van der Waals surface area contributed by atoms with Crippen molar-refractivity contribution in [1.82, 2.24) is 39.5 Å². The molecule has 1 aromatic carbocycles. The minimum atomic E-state index is -0.110. The molecule has 0 aliphatic heterocycles. The smallest absolute Gasteiger partial charge is 0.316 e. The highest BCUT2D eigenvalue weighted by Crippen LogP contribution is 2.26. The van der Waals surface area contributed by atoms with Crippen molar-refractivity contribution < 1.29 is 4.74 Å². The van der Waals surface area contributed by atoms with E-state index >= 15 is 0 Å². The fourth-order valence-corrected chi connectivity index (χ4v) is 4.16. The van der Waals surface area contributed by atoms with Crippen LogP contribution in [-0.4, -0.2) is 73.8 Å². The van der Waals surface area contributed by atoms with Gasteiger partial charge in [0.25, 0.3) is 5.56 Å². The standard InChI is InChI=1S/C25H32N8O2/c1-5-21(32(12-11-31(2)3)16-19-13-26-25(35-4)27-14-19)23-29-22-20(15-28-30-22)24(34)33(23)17-18-9-7-6-8-10-18/h6-10,13-15,21H,5,11-12,16-17H2,1-4H3,(H,28,30). The van der Waals surface area contributed by atoms with Crippen LogP contribution in [-0.2, 0) is 13.1 Å². The van der Waals surface area contributed by atoms with Gasteiger partial charge in [-0.25, -0.2) is 15.0 Å². The summed E-state index contributed by atoms with van der Waals surface area (Å²) in [5.41, 5.74) is 2.41. The van der Waals surface area contributed by atoms with Crippen LogP contribution in [0.2, 0.25) is 0 Å². The summed E-state index contributed by atoms with van der Waals surface area (Å²) >= 11 is 0. The molecule has 0 saturated heterocycles. The van der Waals surface area contributed by atoms with E-state index in [1.54, 1.807) is 30.3 Å². The first kappa shape index (κ1) is 24.5. The van der Waals surface area contributed by atoms with Crippen LogP contribution in [0.15, 0.2) is 53.7 Å². The van der Waals surface area contributed by atoms with Crippen molar-refractivity contribution in [2.45, 2.75) is 32.5 Å². The minimum Gasteiger partial charge on any atom is -0.467 e. The van der Waals surface area contributed by atoms with Gasteiger partial charge in [-0.1, -0.05) is 37.3 Å². The Kier molecular flexibility index (Phi) is 7.84. The van der Waals surface area contributed by atoms with Gasteiger partial charge >= 0.3 is 6.01 Å². The number of nitrogens with one attached hydrogen (secondary N) is 1. The zero-order valence-corrected chi connectivity index (χ0v) is 20.7. The lowest BCUT2D eigenvalue weighted by Crippen LogP contribution is -2.38. The molecule has 0 fully saturated rings. The molecule has 0 spiro atoms. The third kappa shape index (κ3) is 5.72. The normalized spacial score (nSPS) is 12.5. The summed E-state index contributed by atoms with van der Waals surface area (Å²) < 4.78 is 6.90. The molecule has 10 heteroatoms. The van der Waals surface area contributed by atoms with E-state index in [2.05, 4.69) is 51.0 Å². The Hall–Kier alpha value is -3.63. The number of nitrogens with zero attached hydrogens (tertiary/aromatic N) is 7. The van der Waals surface area contributed by atoms with Crippen LogP contribution in [0.25, 0.3) is 11.0 Å². The van der Waals surface area contributed by atoms with Crippen molar-refractivity contribution in [2.75, 3.05) is 34.3 Å². The predicted molar refractivity (Wildman–Crippen MR) is 134 cm³/mol. The summed E-state index contributed by atoms with van der Waals surface area (Å²) in [6, 6.07) is 10.2. The molecule has 184 valence electrons. The van der Waals surface area contributed by atoms with Gasteiger partial charge in [-0.2, -0.15) is 5.10 Å². The number of methoxy groups -OCH3 is 1. The number of H-pyrrole nitrogens is 1. The molecule has 0 aliphatic rings. The molecule has 3 heterocycles. The molecule has 0 bridgehead atoms. The molecule has 35 heavy (non-hydrogen) atoms. The van der Waals surface area contributed by atoms with E-state index in [1.807, 2.05) is 30.3 Å². The number of likely N-dealkylation sites (N-methyl/N-ethyl adjacent to an activating group) is 1. The minimum absolute atomic E-state index is 0.0959. The lowest BCUT2D eigenvalue weighted by Gasteiger charge is -2.32. The maximum Gasteiger partial charge on any atom is 0.316 e. The van der Waals surface area contributed by atoms with Gasteiger partial charge in [0.05, 0.1) is 25.9 Å². The molecular formula is C25H32N8O2. The summed E-state index contributed by atoms with van der Waals surface area (Å²) in [4.78, 5) is 31.5. The Morgan fingerprint density at radius 3 is 2.46 bits per heavy atom. The van der Waals surface area contributed by atoms with E-state index in [-0.39, 0.29) is 11.6 Å². The molecular weight excluding hydrogens is 444 g/mol. The van der Waals surface area contributed by atoms with Gasteiger partial charge in [-0.3, -0.25) is 19.4 Å². The van der Waals surface area contributed by atoms with E-state index in [1.165, 1.54) is 0 Å². The van der Waals surface area contributed by atoms with Crippen molar-refractivity contribution in [3.05, 3.63) is 76.2 Å². The fourth-order valence-electron chi connectivity index (χ4n) is 4.16. The molecule has 3 aromatic heterocycles. The number of benzene rings is 1. The Morgan fingerprint density at radius 2 is 1.80 bits per heavy atom. The van der Waals surface area contributed by atoms with Crippen LogP contribution in [0.3, 0.4) is 0 Å². The third-order valence-corrected chi connectivity index (χ3v) is 5.99. The topological polar surface area (TPSA) is 105 Å². The van der Waals surface area contributed by atoms with Gasteiger partial charge in [-0.05, 0) is 26.1 Å². The van der Waals surface area contributed by atoms with E-state index < -0.39 is 0 Å². The second-order valence-corrected chi connectivity index (χ2v) is 8.75. The Bertz CT molecular complexity index is 1280. The number of hydrogen-bond donors (Lipinski definition) is 1. The van der Waals surface area contributed by atoms with Gasteiger partial charge in [-0.15, -0.1) is 0 Å². The summed E-state index contributed by atoms with van der Waals surface area (Å²) in [7, 11) is 5.65. The number of ether oxygens (including phenoxy) is 1. The lowest BCUT2D eigenvalue weighted by molar-refractivity contribution is 0.155. The maximum absolute atomic E-state index is 13.6. The molecule has 10 nitrogen and oxygen atoms in total. The maximum atomic E-state index is 13.6. The number of hydrogen-bond acceptors (Lipinski definition) is 8. The van der Waals surface area contributed by atoms with Crippen molar-refractivity contribution in [2.24, 2.45) is 0 Å². The first-order valence-electron chi connectivity index (χ1n) is 11.7. The molecule has 1 unspecified atom stereocenters. The second kappa shape index (κ2) is 11.2. The summed E-state index contributed by atoms with van der Waals surface area (Å²) in [5, 5.41) is 7.45. The number of aromatic nitrogens is 6. The van der Waals surface area contributed by atoms with E-state index in [0.717, 1.165) is 30.6 Å². The van der Waals surface area contributed by atoms with Crippen LogP contribution in [0.1, 0.15) is 36.3 Å². The third-order valence-electron chi connectivity index (χ3n) is 5.99. The van der Waals surface area contributed by atoms with Crippen LogP contribution in [0.5, 0.6) is 6.01 Å². The number of rotatable bonds is 11.